The summed E-state index contributed by atoms with van der Waals surface area (Å²) in [5.41, 5.74) is 6.42. The van der Waals surface area contributed by atoms with Crippen molar-refractivity contribution >= 4 is 5.91 Å². The summed E-state index contributed by atoms with van der Waals surface area (Å²) in [6.45, 7) is 8.02. The molecule has 2 aliphatic rings. The zero-order valence-electron chi connectivity index (χ0n) is 16.2. The van der Waals surface area contributed by atoms with Gasteiger partial charge in [-0.2, -0.15) is 0 Å². The SMILES string of the molecule is CCOC1CC(N)(C(=O)NCC2CCCOC2c2ccccc2)C1(C)C. The maximum absolute atomic E-state index is 12.9. The van der Waals surface area contributed by atoms with E-state index in [1.807, 2.05) is 39.0 Å². The van der Waals surface area contributed by atoms with Gasteiger partial charge in [0.15, 0.2) is 0 Å². The van der Waals surface area contributed by atoms with Gasteiger partial charge in [-0.1, -0.05) is 44.2 Å². The Morgan fingerprint density at radius 1 is 1.35 bits per heavy atom. The molecule has 3 N–H and O–H groups in total. The smallest absolute Gasteiger partial charge is 0.240 e. The van der Waals surface area contributed by atoms with Crippen LogP contribution in [0.5, 0.6) is 0 Å². The van der Waals surface area contributed by atoms with Gasteiger partial charge in [0, 0.05) is 37.5 Å². The number of carbonyl (C=O) groups is 1. The molecule has 3 rings (SSSR count). The molecule has 1 aromatic carbocycles. The number of nitrogens with one attached hydrogen (secondary N) is 1. The zero-order chi connectivity index (χ0) is 18.8. The van der Waals surface area contributed by atoms with Crippen molar-refractivity contribution in [1.29, 1.82) is 0 Å². The van der Waals surface area contributed by atoms with E-state index in [4.69, 9.17) is 15.2 Å². The van der Waals surface area contributed by atoms with Gasteiger partial charge in [0.1, 0.15) is 5.54 Å². The Hall–Kier alpha value is -1.43. The molecule has 26 heavy (non-hydrogen) atoms. The minimum atomic E-state index is -0.870. The molecule has 5 heteroatoms. The van der Waals surface area contributed by atoms with E-state index in [0.29, 0.717) is 19.6 Å². The summed E-state index contributed by atoms with van der Waals surface area (Å²) in [5.74, 6) is 0.195. The molecule has 0 aromatic heterocycles. The number of benzene rings is 1. The Morgan fingerprint density at radius 3 is 2.73 bits per heavy atom. The van der Waals surface area contributed by atoms with Gasteiger partial charge < -0.3 is 20.5 Å². The fraction of sp³-hybridized carbons (Fsp3) is 0.667. The Kier molecular flexibility index (Phi) is 5.70. The van der Waals surface area contributed by atoms with Gasteiger partial charge in [0.05, 0.1) is 12.2 Å². The summed E-state index contributed by atoms with van der Waals surface area (Å²) < 4.78 is 11.8. The zero-order valence-corrected chi connectivity index (χ0v) is 16.2. The van der Waals surface area contributed by atoms with Crippen molar-refractivity contribution in [3.8, 4) is 0 Å². The number of hydrogen-bond donors (Lipinski definition) is 2. The van der Waals surface area contributed by atoms with Crippen molar-refractivity contribution < 1.29 is 14.3 Å². The maximum Gasteiger partial charge on any atom is 0.240 e. The van der Waals surface area contributed by atoms with Crippen LogP contribution in [0.3, 0.4) is 0 Å². The Balaban J connectivity index is 1.61. The lowest BCUT2D eigenvalue weighted by Gasteiger charge is -2.57. The predicted octanol–water partition coefficient (Wildman–Crippen LogP) is 2.80. The predicted molar refractivity (Wildman–Crippen MR) is 102 cm³/mol. The molecule has 1 aliphatic heterocycles. The molecular weight excluding hydrogens is 328 g/mol. The first-order valence-electron chi connectivity index (χ1n) is 9.75. The van der Waals surface area contributed by atoms with E-state index in [1.165, 1.54) is 5.56 Å². The van der Waals surface area contributed by atoms with Gasteiger partial charge in [-0.25, -0.2) is 0 Å². The summed E-state index contributed by atoms with van der Waals surface area (Å²) in [5, 5.41) is 3.11. The third-order valence-electron chi connectivity index (χ3n) is 6.33. The summed E-state index contributed by atoms with van der Waals surface area (Å²) >= 11 is 0. The Bertz CT molecular complexity index is 619. The number of ether oxygens (including phenoxy) is 2. The lowest BCUT2D eigenvalue weighted by molar-refractivity contribution is -0.171. The lowest BCUT2D eigenvalue weighted by Crippen LogP contribution is -2.76. The summed E-state index contributed by atoms with van der Waals surface area (Å²) in [6.07, 6.45) is 2.71. The topological polar surface area (TPSA) is 73.6 Å². The van der Waals surface area contributed by atoms with Gasteiger partial charge in [0.25, 0.3) is 0 Å². The van der Waals surface area contributed by atoms with Crippen LogP contribution in [0.15, 0.2) is 30.3 Å². The van der Waals surface area contributed by atoms with Crippen LogP contribution in [0.2, 0.25) is 0 Å². The van der Waals surface area contributed by atoms with Crippen LogP contribution in [-0.2, 0) is 14.3 Å². The van der Waals surface area contributed by atoms with Crippen LogP contribution >= 0.6 is 0 Å². The van der Waals surface area contributed by atoms with E-state index < -0.39 is 5.54 Å². The molecule has 0 bridgehead atoms. The summed E-state index contributed by atoms with van der Waals surface area (Å²) in [7, 11) is 0. The molecule has 5 nitrogen and oxygen atoms in total. The van der Waals surface area contributed by atoms with E-state index in [1.54, 1.807) is 0 Å². The molecule has 1 aliphatic carbocycles. The number of amides is 1. The van der Waals surface area contributed by atoms with E-state index >= 15 is 0 Å². The summed E-state index contributed by atoms with van der Waals surface area (Å²) in [4.78, 5) is 12.9. The van der Waals surface area contributed by atoms with Crippen molar-refractivity contribution in [1.82, 2.24) is 5.32 Å². The molecule has 4 unspecified atom stereocenters. The summed E-state index contributed by atoms with van der Waals surface area (Å²) in [6, 6.07) is 10.3. The van der Waals surface area contributed by atoms with E-state index in [9.17, 15) is 4.79 Å². The molecule has 1 saturated heterocycles. The molecule has 4 atom stereocenters. The van der Waals surface area contributed by atoms with Gasteiger partial charge >= 0.3 is 0 Å². The minimum absolute atomic E-state index is 0.0320. The molecule has 1 saturated carbocycles. The third kappa shape index (κ3) is 3.40. The van der Waals surface area contributed by atoms with Crippen LogP contribution in [0, 0.1) is 11.3 Å². The average molecular weight is 360 g/mol. The number of rotatable bonds is 6. The monoisotopic (exact) mass is 360 g/mol. The second-order valence-electron chi connectivity index (χ2n) is 8.16. The molecule has 2 fully saturated rings. The maximum atomic E-state index is 12.9. The standard InChI is InChI=1S/C21H32N2O3/c1-4-25-17-13-21(22,20(17,2)3)19(24)23-14-16-11-8-12-26-18(16)15-9-6-5-7-10-15/h5-7,9-10,16-18H,4,8,11-14,22H2,1-3H3,(H,23,24). The number of hydrogen-bond acceptors (Lipinski definition) is 4. The Morgan fingerprint density at radius 2 is 2.08 bits per heavy atom. The average Bonchev–Trinajstić information content (AvgIpc) is 2.66. The van der Waals surface area contributed by atoms with Crippen LogP contribution in [0.25, 0.3) is 0 Å². The first kappa shape index (κ1) is 19.3. The molecule has 1 amide bonds. The highest BCUT2D eigenvalue weighted by atomic mass is 16.5. The molecule has 1 heterocycles. The number of nitrogens with two attached hydrogens (primary N) is 1. The van der Waals surface area contributed by atoms with Crippen LogP contribution in [0.1, 0.15) is 51.7 Å². The highest BCUT2D eigenvalue weighted by Crippen LogP contribution is 2.49. The first-order chi connectivity index (χ1) is 12.4. The minimum Gasteiger partial charge on any atom is -0.378 e. The van der Waals surface area contributed by atoms with Crippen molar-refractivity contribution in [2.24, 2.45) is 17.1 Å². The Labute approximate surface area is 156 Å². The van der Waals surface area contributed by atoms with Gasteiger partial charge in [-0.05, 0) is 25.3 Å². The first-order valence-corrected chi connectivity index (χ1v) is 9.75. The molecule has 144 valence electrons. The second-order valence-corrected chi connectivity index (χ2v) is 8.16. The van der Waals surface area contributed by atoms with Crippen molar-refractivity contribution in [2.75, 3.05) is 19.8 Å². The fourth-order valence-electron chi connectivity index (χ4n) is 4.27. The van der Waals surface area contributed by atoms with E-state index in [-0.39, 0.29) is 29.4 Å². The van der Waals surface area contributed by atoms with Crippen LogP contribution < -0.4 is 11.1 Å². The van der Waals surface area contributed by atoms with Crippen molar-refractivity contribution in [2.45, 2.75) is 57.8 Å². The molecule has 0 spiro atoms. The number of carbonyl (C=O) groups excluding carboxylic acids is 1. The molecule has 1 aromatic rings. The highest BCUT2D eigenvalue weighted by molar-refractivity contribution is 5.88. The van der Waals surface area contributed by atoms with Crippen LogP contribution in [0.4, 0.5) is 0 Å². The largest absolute Gasteiger partial charge is 0.378 e. The second kappa shape index (κ2) is 7.67. The van der Waals surface area contributed by atoms with E-state index in [2.05, 4.69) is 17.4 Å². The van der Waals surface area contributed by atoms with Crippen LogP contribution in [-0.4, -0.2) is 37.3 Å². The van der Waals surface area contributed by atoms with Crippen molar-refractivity contribution in [3.63, 3.8) is 0 Å². The highest BCUT2D eigenvalue weighted by Gasteiger charge is 2.62. The fourth-order valence-corrected chi connectivity index (χ4v) is 4.27. The quantitative estimate of drug-likeness (QED) is 0.818. The van der Waals surface area contributed by atoms with Gasteiger partial charge in [-0.15, -0.1) is 0 Å². The lowest BCUT2D eigenvalue weighted by atomic mass is 9.54. The third-order valence-corrected chi connectivity index (χ3v) is 6.33. The van der Waals surface area contributed by atoms with Gasteiger partial charge in [-0.3, -0.25) is 4.79 Å². The molecule has 0 radical (unpaired) electrons. The van der Waals surface area contributed by atoms with Gasteiger partial charge in [0.2, 0.25) is 5.91 Å². The van der Waals surface area contributed by atoms with Crippen molar-refractivity contribution in [3.05, 3.63) is 35.9 Å². The molecular formula is C21H32N2O3. The normalized spacial score (nSPS) is 33.3. The van der Waals surface area contributed by atoms with E-state index in [0.717, 1.165) is 19.4 Å².